The van der Waals surface area contributed by atoms with Crippen molar-refractivity contribution in [1.29, 1.82) is 0 Å². The van der Waals surface area contributed by atoms with Gasteiger partial charge in [0.15, 0.2) is 6.61 Å². The van der Waals surface area contributed by atoms with Crippen LogP contribution in [0.15, 0.2) is 24.3 Å². The number of benzene rings is 1. The van der Waals surface area contributed by atoms with Gasteiger partial charge in [-0.1, -0.05) is 6.92 Å². The van der Waals surface area contributed by atoms with E-state index in [1.54, 1.807) is 31.2 Å². The highest BCUT2D eigenvalue weighted by Crippen LogP contribution is 2.38. The van der Waals surface area contributed by atoms with Crippen LogP contribution in [0.3, 0.4) is 0 Å². The third-order valence-electron chi connectivity index (χ3n) is 4.31. The Kier molecular flexibility index (Phi) is 6.92. The molecule has 27 heavy (non-hydrogen) atoms. The maximum absolute atomic E-state index is 12.2. The second kappa shape index (κ2) is 9.16. The topological polar surface area (TPSA) is 105 Å². The fraction of sp³-hybridized carbons (Fsp3) is 0.474. The minimum Gasteiger partial charge on any atom is -0.455 e. The quantitative estimate of drug-likeness (QED) is 0.672. The summed E-state index contributed by atoms with van der Waals surface area (Å²) in [6, 6.07) is 6.63. The average Bonchev–Trinajstić information content (AvgIpc) is 3.35. The lowest BCUT2D eigenvalue weighted by Crippen LogP contribution is -2.40. The van der Waals surface area contributed by atoms with Crippen molar-refractivity contribution in [2.45, 2.75) is 27.2 Å². The lowest BCUT2D eigenvalue weighted by atomic mass is 10.2. The highest BCUT2D eigenvalue weighted by atomic mass is 16.5. The van der Waals surface area contributed by atoms with Crippen molar-refractivity contribution >= 4 is 35.1 Å². The minimum absolute atomic E-state index is 0.100. The van der Waals surface area contributed by atoms with E-state index in [9.17, 15) is 19.2 Å². The van der Waals surface area contributed by atoms with Gasteiger partial charge in [-0.15, -0.1) is 0 Å². The van der Waals surface area contributed by atoms with Crippen LogP contribution in [0, 0.1) is 11.8 Å². The van der Waals surface area contributed by atoms with E-state index in [1.165, 1.54) is 11.8 Å². The molecule has 0 aliphatic heterocycles. The number of likely N-dealkylation sites (N-methyl/N-ethyl adjacent to an activating group) is 1. The minimum atomic E-state index is -0.407. The van der Waals surface area contributed by atoms with E-state index in [0.717, 1.165) is 6.42 Å². The molecule has 1 saturated carbocycles. The molecular weight excluding hydrogens is 350 g/mol. The summed E-state index contributed by atoms with van der Waals surface area (Å²) in [6.45, 7) is 4.95. The van der Waals surface area contributed by atoms with Crippen LogP contribution in [0.2, 0.25) is 0 Å². The maximum atomic E-state index is 12.2. The largest absolute Gasteiger partial charge is 0.455 e. The van der Waals surface area contributed by atoms with Gasteiger partial charge >= 0.3 is 5.97 Å². The van der Waals surface area contributed by atoms with Crippen molar-refractivity contribution in [2.75, 3.05) is 30.3 Å². The molecule has 1 aromatic carbocycles. The molecule has 0 spiro atoms. The molecule has 146 valence electrons. The molecule has 3 amide bonds. The first-order chi connectivity index (χ1) is 12.8. The van der Waals surface area contributed by atoms with Crippen LogP contribution < -0.4 is 10.6 Å². The zero-order chi connectivity index (χ0) is 20.0. The van der Waals surface area contributed by atoms with Gasteiger partial charge in [0.05, 0.1) is 12.5 Å². The van der Waals surface area contributed by atoms with Gasteiger partial charge in [-0.3, -0.25) is 19.2 Å². The van der Waals surface area contributed by atoms with E-state index in [1.807, 2.05) is 6.92 Å². The van der Waals surface area contributed by atoms with Crippen molar-refractivity contribution in [2.24, 2.45) is 11.8 Å². The van der Waals surface area contributed by atoms with Crippen LogP contribution in [0.1, 0.15) is 27.2 Å². The number of ether oxygens (including phenoxy) is 1. The molecule has 0 saturated heterocycles. The molecule has 1 aromatic rings. The van der Waals surface area contributed by atoms with Crippen molar-refractivity contribution in [1.82, 2.24) is 4.90 Å². The van der Waals surface area contributed by atoms with Crippen molar-refractivity contribution in [3.05, 3.63) is 24.3 Å². The summed E-state index contributed by atoms with van der Waals surface area (Å²) in [5, 5.41) is 5.32. The average molecular weight is 375 g/mol. The van der Waals surface area contributed by atoms with Gasteiger partial charge in [-0.2, -0.15) is 0 Å². The molecule has 1 aliphatic rings. The normalized spacial score (nSPS) is 17.6. The lowest BCUT2D eigenvalue weighted by Gasteiger charge is -2.20. The second-order valence-electron chi connectivity index (χ2n) is 6.64. The summed E-state index contributed by atoms with van der Waals surface area (Å²) in [7, 11) is 0. The van der Waals surface area contributed by atoms with Gasteiger partial charge in [0.2, 0.25) is 11.8 Å². The lowest BCUT2D eigenvalue weighted by molar-refractivity contribution is -0.153. The molecule has 0 aromatic heterocycles. The number of esters is 1. The molecule has 1 fully saturated rings. The summed E-state index contributed by atoms with van der Waals surface area (Å²) >= 11 is 0. The van der Waals surface area contributed by atoms with E-state index in [4.69, 9.17) is 4.74 Å². The van der Waals surface area contributed by atoms with Crippen LogP contribution >= 0.6 is 0 Å². The molecule has 8 heteroatoms. The number of carbonyl (C=O) groups is 4. The smallest absolute Gasteiger partial charge is 0.309 e. The summed E-state index contributed by atoms with van der Waals surface area (Å²) < 4.78 is 5.03. The summed E-state index contributed by atoms with van der Waals surface area (Å²) in [5.41, 5.74) is 1.17. The summed E-state index contributed by atoms with van der Waals surface area (Å²) in [4.78, 5) is 48.3. The summed E-state index contributed by atoms with van der Waals surface area (Å²) in [5.74, 6) is -1.08. The molecule has 0 unspecified atom stereocenters. The van der Waals surface area contributed by atoms with Gasteiger partial charge in [0, 0.05) is 24.8 Å². The Bertz CT molecular complexity index is 717. The zero-order valence-corrected chi connectivity index (χ0v) is 15.8. The molecule has 0 heterocycles. The Labute approximate surface area is 158 Å². The number of hydrogen-bond donors (Lipinski definition) is 2. The van der Waals surface area contributed by atoms with Gasteiger partial charge in [0.1, 0.15) is 0 Å². The highest BCUT2D eigenvalue weighted by Gasteiger charge is 2.40. The van der Waals surface area contributed by atoms with Crippen LogP contribution in [0.4, 0.5) is 11.4 Å². The first kappa shape index (κ1) is 20.4. The molecule has 0 bridgehead atoms. The molecule has 2 rings (SSSR count). The second-order valence-corrected chi connectivity index (χ2v) is 6.64. The Hall–Kier alpha value is -2.90. The fourth-order valence-corrected chi connectivity index (χ4v) is 2.57. The number of nitrogens with zero attached hydrogens (tertiary/aromatic N) is 1. The van der Waals surface area contributed by atoms with Crippen LogP contribution in [0.5, 0.6) is 0 Å². The van der Waals surface area contributed by atoms with Crippen molar-refractivity contribution < 1.29 is 23.9 Å². The first-order valence-corrected chi connectivity index (χ1v) is 8.92. The van der Waals surface area contributed by atoms with Gasteiger partial charge in [-0.25, -0.2) is 0 Å². The SMILES string of the molecule is CCN(CC(=O)Nc1ccc(NC(C)=O)cc1)C(=O)COC(=O)[C@@H]1C[C@H]1C. The zero-order valence-electron chi connectivity index (χ0n) is 15.8. The number of rotatable bonds is 8. The van der Waals surface area contributed by atoms with E-state index < -0.39 is 5.91 Å². The van der Waals surface area contributed by atoms with Crippen LogP contribution in [-0.2, 0) is 23.9 Å². The van der Waals surface area contributed by atoms with Gasteiger partial charge in [0.25, 0.3) is 5.91 Å². The number of amides is 3. The number of carbonyl (C=O) groups excluding carboxylic acids is 4. The Morgan fingerprint density at radius 2 is 1.67 bits per heavy atom. The Morgan fingerprint density at radius 1 is 1.11 bits per heavy atom. The van der Waals surface area contributed by atoms with Crippen molar-refractivity contribution in [3.8, 4) is 0 Å². The van der Waals surface area contributed by atoms with E-state index in [2.05, 4.69) is 10.6 Å². The van der Waals surface area contributed by atoms with E-state index in [-0.39, 0.29) is 36.9 Å². The maximum Gasteiger partial charge on any atom is 0.309 e. The molecule has 2 N–H and O–H groups in total. The number of anilines is 2. The molecule has 1 aliphatic carbocycles. The molecule has 2 atom stereocenters. The fourth-order valence-electron chi connectivity index (χ4n) is 2.57. The third-order valence-corrected chi connectivity index (χ3v) is 4.31. The van der Waals surface area contributed by atoms with Crippen LogP contribution in [0.25, 0.3) is 0 Å². The van der Waals surface area contributed by atoms with Gasteiger partial charge < -0.3 is 20.3 Å². The third kappa shape index (κ3) is 6.40. The molecule has 8 nitrogen and oxygen atoms in total. The van der Waals surface area contributed by atoms with E-state index in [0.29, 0.717) is 23.8 Å². The van der Waals surface area contributed by atoms with Gasteiger partial charge in [-0.05, 0) is 43.5 Å². The van der Waals surface area contributed by atoms with Crippen LogP contribution in [-0.4, -0.2) is 48.3 Å². The Morgan fingerprint density at radius 3 is 2.15 bits per heavy atom. The first-order valence-electron chi connectivity index (χ1n) is 8.92. The monoisotopic (exact) mass is 375 g/mol. The molecular formula is C19H25N3O5. The number of hydrogen-bond acceptors (Lipinski definition) is 5. The highest BCUT2D eigenvalue weighted by molar-refractivity contribution is 5.95. The predicted octanol–water partition coefficient (Wildman–Crippen LogP) is 1.63. The predicted molar refractivity (Wildman–Crippen MR) is 99.9 cm³/mol. The molecule has 0 radical (unpaired) electrons. The number of nitrogens with one attached hydrogen (secondary N) is 2. The summed E-state index contributed by atoms with van der Waals surface area (Å²) in [6.07, 6.45) is 0.799. The Balaban J connectivity index is 1.80. The van der Waals surface area contributed by atoms with E-state index >= 15 is 0 Å². The standard InChI is InChI=1S/C19H25N3O5/c1-4-22(18(25)11-27-19(26)16-9-12(16)2)10-17(24)21-15-7-5-14(6-8-15)20-13(3)23/h5-8,12,16H,4,9-11H2,1-3H3,(H,20,23)(H,21,24)/t12-,16-/m1/s1. The van der Waals surface area contributed by atoms with Crippen molar-refractivity contribution in [3.63, 3.8) is 0 Å².